The molecule has 0 saturated carbocycles. The van der Waals surface area contributed by atoms with Crippen LogP contribution in [0.4, 0.5) is 0 Å². The number of hydrogen-bond acceptors (Lipinski definition) is 2. The SMILES string of the molecule is CC12CCCC(=O)N1CC1Cc3[nH]c4ccccc4c3CN1C2=O. The van der Waals surface area contributed by atoms with Crippen molar-refractivity contribution in [3.8, 4) is 0 Å². The van der Waals surface area contributed by atoms with Crippen LogP contribution in [-0.4, -0.2) is 44.7 Å². The Morgan fingerprint density at radius 3 is 2.96 bits per heavy atom. The number of carbonyl (C=O) groups is 2. The predicted octanol–water partition coefficient (Wildman–Crippen LogP) is 2.21. The van der Waals surface area contributed by atoms with Crippen LogP contribution >= 0.6 is 0 Å². The fraction of sp³-hybridized carbons (Fsp3) is 0.474. The molecule has 2 saturated heterocycles. The molecule has 3 aliphatic rings. The molecule has 124 valence electrons. The zero-order chi connectivity index (χ0) is 16.5. The number of H-pyrrole nitrogens is 1. The van der Waals surface area contributed by atoms with Gasteiger partial charge in [0.2, 0.25) is 11.8 Å². The van der Waals surface area contributed by atoms with E-state index in [0.717, 1.165) is 24.8 Å². The molecule has 5 nitrogen and oxygen atoms in total. The quantitative estimate of drug-likeness (QED) is 0.808. The molecule has 0 spiro atoms. The van der Waals surface area contributed by atoms with E-state index in [1.54, 1.807) is 0 Å². The van der Waals surface area contributed by atoms with Gasteiger partial charge in [0.1, 0.15) is 5.54 Å². The van der Waals surface area contributed by atoms with Crippen LogP contribution < -0.4 is 0 Å². The molecule has 24 heavy (non-hydrogen) atoms. The Hall–Kier alpha value is -2.30. The van der Waals surface area contributed by atoms with Gasteiger partial charge in [-0.15, -0.1) is 0 Å². The molecule has 4 heterocycles. The number of benzene rings is 1. The summed E-state index contributed by atoms with van der Waals surface area (Å²) in [4.78, 5) is 33.0. The Balaban J connectivity index is 1.58. The molecule has 5 rings (SSSR count). The number of carbonyl (C=O) groups excluding carboxylic acids is 2. The van der Waals surface area contributed by atoms with Crippen LogP contribution in [0.2, 0.25) is 0 Å². The van der Waals surface area contributed by atoms with Crippen molar-refractivity contribution in [1.82, 2.24) is 14.8 Å². The van der Waals surface area contributed by atoms with E-state index in [9.17, 15) is 9.59 Å². The second-order valence-corrected chi connectivity index (χ2v) is 7.55. The molecule has 2 amide bonds. The van der Waals surface area contributed by atoms with Gasteiger partial charge in [0.05, 0.1) is 6.04 Å². The zero-order valence-electron chi connectivity index (χ0n) is 13.8. The van der Waals surface area contributed by atoms with Crippen LogP contribution in [0.1, 0.15) is 37.4 Å². The van der Waals surface area contributed by atoms with Gasteiger partial charge in [-0.1, -0.05) is 18.2 Å². The maximum Gasteiger partial charge on any atom is 0.248 e. The molecule has 0 aliphatic carbocycles. The minimum absolute atomic E-state index is 0.0909. The van der Waals surface area contributed by atoms with Crippen molar-refractivity contribution < 1.29 is 9.59 Å². The van der Waals surface area contributed by atoms with Crippen LogP contribution in [0.5, 0.6) is 0 Å². The molecule has 3 aliphatic heterocycles. The Morgan fingerprint density at radius 2 is 2.08 bits per heavy atom. The number of para-hydroxylation sites is 1. The minimum atomic E-state index is -0.643. The highest BCUT2D eigenvalue weighted by Crippen LogP contribution is 2.39. The molecule has 1 aromatic heterocycles. The first-order valence-corrected chi connectivity index (χ1v) is 8.78. The Labute approximate surface area is 140 Å². The second-order valence-electron chi connectivity index (χ2n) is 7.55. The molecule has 0 bridgehead atoms. The predicted molar refractivity (Wildman–Crippen MR) is 90.3 cm³/mol. The van der Waals surface area contributed by atoms with Gasteiger partial charge in [-0.25, -0.2) is 0 Å². The number of nitrogens with one attached hydrogen (secondary N) is 1. The maximum atomic E-state index is 13.3. The van der Waals surface area contributed by atoms with Gasteiger partial charge in [-0.05, 0) is 25.8 Å². The molecule has 5 heteroatoms. The summed E-state index contributed by atoms with van der Waals surface area (Å²) in [6, 6.07) is 8.37. The molecule has 2 fully saturated rings. The number of aromatic amines is 1. The van der Waals surface area contributed by atoms with Gasteiger partial charge in [0.25, 0.3) is 0 Å². The lowest BCUT2D eigenvalue weighted by molar-refractivity contribution is -0.170. The summed E-state index contributed by atoms with van der Waals surface area (Å²) in [6.45, 7) is 3.27. The normalized spacial score (nSPS) is 29.5. The number of nitrogens with zero attached hydrogens (tertiary/aromatic N) is 2. The fourth-order valence-corrected chi connectivity index (χ4v) is 4.83. The Kier molecular flexibility index (Phi) is 2.71. The van der Waals surface area contributed by atoms with E-state index in [2.05, 4.69) is 17.1 Å². The van der Waals surface area contributed by atoms with Gasteiger partial charge < -0.3 is 14.8 Å². The summed E-state index contributed by atoms with van der Waals surface area (Å²) in [5, 5.41) is 1.21. The van der Waals surface area contributed by atoms with Crippen LogP contribution in [0.25, 0.3) is 10.9 Å². The van der Waals surface area contributed by atoms with E-state index in [1.807, 2.05) is 28.9 Å². The van der Waals surface area contributed by atoms with Crippen molar-refractivity contribution in [3.05, 3.63) is 35.5 Å². The number of amides is 2. The van der Waals surface area contributed by atoms with Crippen molar-refractivity contribution in [3.63, 3.8) is 0 Å². The van der Waals surface area contributed by atoms with Gasteiger partial charge in [0, 0.05) is 48.1 Å². The van der Waals surface area contributed by atoms with Gasteiger partial charge in [-0.3, -0.25) is 9.59 Å². The summed E-state index contributed by atoms with van der Waals surface area (Å²) in [5.41, 5.74) is 2.96. The van der Waals surface area contributed by atoms with Crippen LogP contribution in [0.3, 0.4) is 0 Å². The Morgan fingerprint density at radius 1 is 1.25 bits per heavy atom. The third kappa shape index (κ3) is 1.70. The highest BCUT2D eigenvalue weighted by atomic mass is 16.2. The highest BCUT2D eigenvalue weighted by molar-refractivity contribution is 5.94. The average molecular weight is 323 g/mol. The van der Waals surface area contributed by atoms with Crippen LogP contribution in [0.15, 0.2) is 24.3 Å². The monoisotopic (exact) mass is 323 g/mol. The lowest BCUT2D eigenvalue weighted by Crippen LogP contribution is -2.71. The van der Waals surface area contributed by atoms with Crippen molar-refractivity contribution >= 4 is 22.7 Å². The largest absolute Gasteiger partial charge is 0.358 e. The fourth-order valence-electron chi connectivity index (χ4n) is 4.83. The van der Waals surface area contributed by atoms with E-state index in [-0.39, 0.29) is 17.9 Å². The summed E-state index contributed by atoms with van der Waals surface area (Å²) < 4.78 is 0. The number of piperazine rings is 1. The topological polar surface area (TPSA) is 56.4 Å². The molecular formula is C19H21N3O2. The Bertz CT molecular complexity index is 871. The smallest absolute Gasteiger partial charge is 0.248 e. The van der Waals surface area contributed by atoms with Crippen LogP contribution in [-0.2, 0) is 22.6 Å². The highest BCUT2D eigenvalue weighted by Gasteiger charge is 2.53. The molecule has 1 aromatic carbocycles. The van der Waals surface area contributed by atoms with E-state index in [0.29, 0.717) is 19.5 Å². The first kappa shape index (κ1) is 14.1. The summed E-state index contributed by atoms with van der Waals surface area (Å²) in [6.07, 6.45) is 2.97. The van der Waals surface area contributed by atoms with Crippen molar-refractivity contribution in [1.29, 1.82) is 0 Å². The lowest BCUT2D eigenvalue weighted by Gasteiger charge is -2.54. The minimum Gasteiger partial charge on any atom is -0.358 e. The molecule has 2 unspecified atom stereocenters. The van der Waals surface area contributed by atoms with Gasteiger partial charge >= 0.3 is 0 Å². The van der Waals surface area contributed by atoms with E-state index >= 15 is 0 Å². The molecular weight excluding hydrogens is 302 g/mol. The number of aromatic nitrogens is 1. The summed E-state index contributed by atoms with van der Waals surface area (Å²) >= 11 is 0. The molecule has 1 N–H and O–H groups in total. The van der Waals surface area contributed by atoms with Crippen molar-refractivity contribution in [2.24, 2.45) is 0 Å². The van der Waals surface area contributed by atoms with E-state index in [1.165, 1.54) is 16.6 Å². The number of rotatable bonds is 0. The summed E-state index contributed by atoms with van der Waals surface area (Å²) in [7, 11) is 0. The molecule has 2 atom stereocenters. The first-order valence-electron chi connectivity index (χ1n) is 8.78. The number of piperidine rings is 1. The first-order chi connectivity index (χ1) is 11.6. The molecule has 0 radical (unpaired) electrons. The van der Waals surface area contributed by atoms with Crippen molar-refractivity contribution in [2.45, 2.75) is 50.7 Å². The zero-order valence-corrected chi connectivity index (χ0v) is 13.8. The van der Waals surface area contributed by atoms with E-state index in [4.69, 9.17) is 0 Å². The molecule has 2 aromatic rings. The van der Waals surface area contributed by atoms with Crippen molar-refractivity contribution in [2.75, 3.05) is 6.54 Å². The van der Waals surface area contributed by atoms with Crippen LogP contribution in [0, 0.1) is 0 Å². The maximum absolute atomic E-state index is 13.3. The second kappa shape index (κ2) is 4.62. The van der Waals surface area contributed by atoms with Gasteiger partial charge in [0.15, 0.2) is 0 Å². The lowest BCUT2D eigenvalue weighted by atomic mass is 9.81. The summed E-state index contributed by atoms with van der Waals surface area (Å²) in [5.74, 6) is 0.266. The number of fused-ring (bicyclic) bond motifs is 5. The van der Waals surface area contributed by atoms with Gasteiger partial charge in [-0.2, -0.15) is 0 Å². The van der Waals surface area contributed by atoms with E-state index < -0.39 is 5.54 Å². The third-order valence-corrected chi connectivity index (χ3v) is 6.18. The number of hydrogen-bond donors (Lipinski definition) is 1. The third-order valence-electron chi connectivity index (χ3n) is 6.18. The average Bonchev–Trinajstić information content (AvgIpc) is 2.93. The standard InChI is InChI=1S/C19H21N3O2/c1-19-8-4-7-17(23)22(19)10-12-9-16-14(11-21(12)18(19)24)13-5-2-3-6-15(13)20-16/h2-3,5-6,12,20H,4,7-11H2,1H3.